The molecular weight excluding hydrogens is 871 g/mol. The first-order chi connectivity index (χ1) is 31.4. The van der Waals surface area contributed by atoms with Crippen molar-refractivity contribution in [3.63, 3.8) is 0 Å². The highest BCUT2D eigenvalue weighted by molar-refractivity contribution is 5.98. The maximum atomic E-state index is 14.5. The van der Waals surface area contributed by atoms with E-state index in [4.69, 9.17) is 0 Å². The molecule has 8 atom stereocenters. The summed E-state index contributed by atoms with van der Waals surface area (Å²) in [5, 5.41) is 5.21. The first-order valence-electron chi connectivity index (χ1n) is 23.8. The molecule has 0 unspecified atom stereocenters. The van der Waals surface area contributed by atoms with Crippen LogP contribution in [-0.4, -0.2) is 193 Å². The summed E-state index contributed by atoms with van der Waals surface area (Å²) in [5.41, 5.74) is 0.816. The maximum Gasteiger partial charge on any atom is 0.246 e. The standard InChI is InChI=1S/C50H85N9O9/c1-29(2)26-38(55(16)48(66)40(31(5)6)58(19)46(64)37(52-28-60)27-36-24-22-21-23-25-36)47(65)54(15)34(11)44(62)53(14)35(12)45(63)57(18)41(32(7)8)50(68)59(20)42(33(9)10)49(67)56(17)39(30(3)4)43(61)51-13/h21-25,28-35,37-42H,26-27H2,1-20H3,(H,51,61)(H,52,60)/t34-,35-,37-,38-,39-,40-,41-,42-/m0/s1. The van der Waals surface area contributed by atoms with Crippen molar-refractivity contribution < 1.29 is 43.2 Å². The molecule has 2 N–H and O–H groups in total. The van der Waals surface area contributed by atoms with Crippen molar-refractivity contribution in [3.05, 3.63) is 35.9 Å². The highest BCUT2D eigenvalue weighted by atomic mass is 16.2. The van der Waals surface area contributed by atoms with Gasteiger partial charge in [-0.25, -0.2) is 0 Å². The Bertz CT molecular complexity index is 1890. The number of benzene rings is 1. The average Bonchev–Trinajstić information content (AvgIpc) is 3.27. The summed E-state index contributed by atoms with van der Waals surface area (Å²) in [6, 6.07) is 1.20. The predicted octanol–water partition coefficient (Wildman–Crippen LogP) is 2.59. The Labute approximate surface area is 406 Å². The van der Waals surface area contributed by atoms with Crippen LogP contribution in [0.25, 0.3) is 0 Å². The second-order valence-corrected chi connectivity index (χ2v) is 20.0. The van der Waals surface area contributed by atoms with Gasteiger partial charge in [-0.2, -0.15) is 0 Å². The van der Waals surface area contributed by atoms with Gasteiger partial charge in [0, 0.05) is 62.8 Å². The van der Waals surface area contributed by atoms with Crippen molar-refractivity contribution in [2.75, 3.05) is 56.4 Å². The van der Waals surface area contributed by atoms with Crippen LogP contribution in [0.5, 0.6) is 0 Å². The molecule has 0 saturated carbocycles. The molecule has 0 fully saturated rings. The Kier molecular flexibility index (Phi) is 23.9. The largest absolute Gasteiger partial charge is 0.357 e. The first-order valence-corrected chi connectivity index (χ1v) is 23.8. The number of amides is 9. The van der Waals surface area contributed by atoms with Crippen molar-refractivity contribution in [2.45, 2.75) is 144 Å². The lowest BCUT2D eigenvalue weighted by Gasteiger charge is -2.41. The van der Waals surface area contributed by atoms with Gasteiger partial charge in [-0.15, -0.1) is 0 Å². The van der Waals surface area contributed by atoms with Crippen LogP contribution in [0.4, 0.5) is 0 Å². The predicted molar refractivity (Wildman–Crippen MR) is 263 cm³/mol. The third kappa shape index (κ3) is 15.0. The molecule has 0 aliphatic carbocycles. The van der Waals surface area contributed by atoms with Crippen molar-refractivity contribution in [3.8, 4) is 0 Å². The van der Waals surface area contributed by atoms with Gasteiger partial charge < -0.3 is 44.9 Å². The number of likely N-dealkylation sites (N-methyl/N-ethyl adjacent to an activating group) is 8. The van der Waals surface area contributed by atoms with Gasteiger partial charge >= 0.3 is 0 Å². The molecule has 0 heterocycles. The highest BCUT2D eigenvalue weighted by Gasteiger charge is 2.44. The van der Waals surface area contributed by atoms with Gasteiger partial charge in [-0.3, -0.25) is 43.2 Å². The van der Waals surface area contributed by atoms with Crippen molar-refractivity contribution in [1.82, 2.24) is 44.9 Å². The third-order valence-electron chi connectivity index (χ3n) is 13.1. The zero-order valence-electron chi connectivity index (χ0n) is 44.7. The van der Waals surface area contributed by atoms with E-state index in [1.165, 1.54) is 97.5 Å². The Morgan fingerprint density at radius 1 is 0.471 bits per heavy atom. The Morgan fingerprint density at radius 3 is 1.21 bits per heavy atom. The van der Waals surface area contributed by atoms with Gasteiger partial charge in [-0.05, 0) is 55.4 Å². The van der Waals surface area contributed by atoms with Gasteiger partial charge in [0.1, 0.15) is 48.3 Å². The fraction of sp³-hybridized carbons (Fsp3) is 0.700. The van der Waals surface area contributed by atoms with Crippen LogP contribution in [0.3, 0.4) is 0 Å². The number of carbonyl (C=O) groups is 9. The molecule has 1 rings (SSSR count). The molecule has 0 aliphatic rings. The van der Waals surface area contributed by atoms with E-state index in [1.807, 2.05) is 58.0 Å². The fourth-order valence-corrected chi connectivity index (χ4v) is 8.90. The monoisotopic (exact) mass is 956 g/mol. The van der Waals surface area contributed by atoms with Gasteiger partial charge in [-0.1, -0.05) is 99.6 Å². The normalized spacial score (nSPS) is 15.0. The highest BCUT2D eigenvalue weighted by Crippen LogP contribution is 2.24. The SMILES string of the molecule is CNC(=O)[C@H](C(C)C)N(C)C(=O)[C@H](C(C)C)N(C)C(=O)[C@H](C(C)C)N(C)C(=O)[C@H](C)N(C)C(=O)[C@H](C)N(C)C(=O)[C@H](CC(C)C)N(C)C(=O)[C@H](C(C)C)N(C)C(=O)[C@H](Cc1ccccc1)NC=O. The van der Waals surface area contributed by atoms with E-state index in [0.717, 1.165) is 5.56 Å². The number of nitrogens with zero attached hydrogens (tertiary/aromatic N) is 7. The van der Waals surface area contributed by atoms with E-state index in [9.17, 15) is 43.2 Å². The summed E-state index contributed by atoms with van der Waals surface area (Å²) in [5.74, 6) is -5.32. The van der Waals surface area contributed by atoms with Gasteiger partial charge in [0.15, 0.2) is 0 Å². The lowest BCUT2D eigenvalue weighted by molar-refractivity contribution is -0.157. The molecule has 0 bridgehead atoms. The number of nitrogens with one attached hydrogen (secondary N) is 2. The second kappa shape index (κ2) is 26.9. The van der Waals surface area contributed by atoms with E-state index < -0.39 is 102 Å². The van der Waals surface area contributed by atoms with Gasteiger partial charge in [0.2, 0.25) is 53.7 Å². The van der Waals surface area contributed by atoms with Crippen LogP contribution in [0.2, 0.25) is 0 Å². The average molecular weight is 956 g/mol. The lowest BCUT2D eigenvalue weighted by atomic mass is 9.95. The molecule has 1 aromatic carbocycles. The fourth-order valence-electron chi connectivity index (χ4n) is 8.90. The summed E-state index contributed by atoms with van der Waals surface area (Å²) < 4.78 is 0. The molecule has 9 amide bonds. The smallest absolute Gasteiger partial charge is 0.246 e. The zero-order chi connectivity index (χ0) is 52.8. The molecule has 0 aliphatic heterocycles. The molecule has 384 valence electrons. The molecule has 0 radical (unpaired) electrons. The third-order valence-corrected chi connectivity index (χ3v) is 13.1. The van der Waals surface area contributed by atoms with E-state index in [0.29, 0.717) is 6.41 Å². The summed E-state index contributed by atoms with van der Waals surface area (Å²) in [6.45, 7) is 21.3. The van der Waals surface area contributed by atoms with Crippen LogP contribution in [-0.2, 0) is 49.6 Å². The molecular formula is C50H85N9O9. The second-order valence-electron chi connectivity index (χ2n) is 20.0. The van der Waals surface area contributed by atoms with E-state index in [1.54, 1.807) is 48.6 Å². The minimum Gasteiger partial charge on any atom is -0.357 e. The molecule has 18 heteroatoms. The first kappa shape index (κ1) is 60.5. The van der Waals surface area contributed by atoms with Crippen molar-refractivity contribution >= 4 is 53.7 Å². The van der Waals surface area contributed by atoms with Crippen LogP contribution < -0.4 is 10.6 Å². The quantitative estimate of drug-likeness (QED) is 0.138. The number of carbonyl (C=O) groups excluding carboxylic acids is 9. The maximum absolute atomic E-state index is 14.5. The van der Waals surface area contributed by atoms with Crippen LogP contribution in [0, 0.1) is 29.6 Å². The Hall–Kier alpha value is -5.55. The zero-order valence-corrected chi connectivity index (χ0v) is 44.7. The topological polar surface area (TPSA) is 200 Å². The Balaban J connectivity index is 3.42. The Morgan fingerprint density at radius 2 is 0.824 bits per heavy atom. The summed E-state index contributed by atoms with van der Waals surface area (Å²) in [6.07, 6.45) is 0.890. The van der Waals surface area contributed by atoms with Gasteiger partial charge in [0.05, 0.1) is 0 Å². The van der Waals surface area contributed by atoms with E-state index in [2.05, 4.69) is 10.6 Å². The summed E-state index contributed by atoms with van der Waals surface area (Å²) in [7, 11) is 11.9. The van der Waals surface area contributed by atoms with Gasteiger partial charge in [0.25, 0.3) is 0 Å². The minimum atomic E-state index is -1.10. The molecule has 0 spiro atoms. The van der Waals surface area contributed by atoms with Crippen molar-refractivity contribution in [2.24, 2.45) is 29.6 Å². The van der Waals surface area contributed by atoms with E-state index >= 15 is 0 Å². The molecule has 18 nitrogen and oxygen atoms in total. The summed E-state index contributed by atoms with van der Waals surface area (Å²) in [4.78, 5) is 133. The number of hydrogen-bond donors (Lipinski definition) is 2. The molecule has 68 heavy (non-hydrogen) atoms. The number of rotatable bonds is 25. The summed E-state index contributed by atoms with van der Waals surface area (Å²) >= 11 is 0. The van der Waals surface area contributed by atoms with Crippen LogP contribution >= 0.6 is 0 Å². The molecule has 0 aromatic heterocycles. The minimum absolute atomic E-state index is 0.0663. The van der Waals surface area contributed by atoms with E-state index in [-0.39, 0.29) is 36.5 Å². The molecule has 1 aromatic rings. The lowest BCUT2D eigenvalue weighted by Crippen LogP contribution is -2.62. The van der Waals surface area contributed by atoms with Crippen molar-refractivity contribution in [1.29, 1.82) is 0 Å². The van der Waals surface area contributed by atoms with Crippen LogP contribution in [0.1, 0.15) is 95.1 Å². The number of hydrogen-bond acceptors (Lipinski definition) is 9. The van der Waals surface area contributed by atoms with Crippen LogP contribution in [0.15, 0.2) is 30.3 Å². The molecule has 0 saturated heterocycles.